The molecule has 1 aromatic carbocycles. The number of benzene rings is 1. The van der Waals surface area contributed by atoms with E-state index in [1.165, 1.54) is 0 Å². The van der Waals surface area contributed by atoms with Crippen LogP contribution < -0.4 is 11.1 Å². The maximum atomic E-state index is 13.3. The molecule has 4 N–H and O–H groups in total. The van der Waals surface area contributed by atoms with Crippen LogP contribution in [-0.2, 0) is 9.59 Å². The molecule has 1 unspecified atom stereocenters. The van der Waals surface area contributed by atoms with Crippen LogP contribution in [0.1, 0.15) is 16.8 Å². The molecule has 1 aromatic rings. The Morgan fingerprint density at radius 3 is 2.21 bits per heavy atom. The molecule has 0 aromatic heterocycles. The van der Waals surface area contributed by atoms with Gasteiger partial charge in [0.05, 0.1) is 6.42 Å². The number of hydrogen-bond donors (Lipinski definition) is 3. The van der Waals surface area contributed by atoms with E-state index < -0.39 is 47.4 Å². The van der Waals surface area contributed by atoms with Crippen molar-refractivity contribution in [3.8, 4) is 0 Å². The number of primary amides is 1. The highest BCUT2D eigenvalue weighted by Crippen LogP contribution is 2.12. The molecular weight excluding hydrogens is 262 g/mol. The maximum Gasteiger partial charge on any atom is 0.326 e. The number of carbonyl (C=O) groups is 3. The van der Waals surface area contributed by atoms with E-state index in [1.807, 2.05) is 5.32 Å². The lowest BCUT2D eigenvalue weighted by atomic mass is 10.1. The highest BCUT2D eigenvalue weighted by Gasteiger charge is 2.25. The van der Waals surface area contributed by atoms with Crippen molar-refractivity contribution >= 4 is 17.8 Å². The summed E-state index contributed by atoms with van der Waals surface area (Å²) in [6.45, 7) is 0. The van der Waals surface area contributed by atoms with Gasteiger partial charge in [0.1, 0.15) is 23.2 Å². The zero-order valence-electron chi connectivity index (χ0n) is 9.52. The van der Waals surface area contributed by atoms with E-state index in [0.29, 0.717) is 0 Å². The van der Waals surface area contributed by atoms with Crippen molar-refractivity contribution in [3.63, 3.8) is 0 Å². The third-order valence-electron chi connectivity index (χ3n) is 2.20. The van der Waals surface area contributed by atoms with Gasteiger partial charge >= 0.3 is 5.97 Å². The first-order valence-electron chi connectivity index (χ1n) is 5.09. The van der Waals surface area contributed by atoms with Gasteiger partial charge < -0.3 is 16.2 Å². The Bertz CT molecular complexity index is 513. The first-order valence-corrected chi connectivity index (χ1v) is 5.09. The van der Waals surface area contributed by atoms with Crippen LogP contribution >= 0.6 is 0 Å². The fraction of sp³-hybridized carbons (Fsp3) is 0.182. The summed E-state index contributed by atoms with van der Waals surface area (Å²) in [5.74, 6) is -6.06. The molecule has 0 bridgehead atoms. The molecule has 0 heterocycles. The Morgan fingerprint density at radius 2 is 1.79 bits per heavy atom. The number of carboxylic acid groups (broad SMARTS) is 1. The number of nitrogens with two attached hydrogens (primary N) is 1. The van der Waals surface area contributed by atoms with Crippen molar-refractivity contribution in [1.29, 1.82) is 0 Å². The van der Waals surface area contributed by atoms with Crippen molar-refractivity contribution in [2.45, 2.75) is 12.5 Å². The number of amides is 2. The molecule has 0 radical (unpaired) electrons. The predicted molar refractivity (Wildman–Crippen MR) is 59.1 cm³/mol. The molecule has 0 spiro atoms. The normalized spacial score (nSPS) is 11.7. The molecule has 102 valence electrons. The van der Waals surface area contributed by atoms with Gasteiger partial charge in [0.2, 0.25) is 5.91 Å². The summed E-state index contributed by atoms with van der Waals surface area (Å²) in [5, 5.41) is 10.6. The van der Waals surface area contributed by atoms with Gasteiger partial charge in [-0.05, 0) is 12.1 Å². The quantitative estimate of drug-likeness (QED) is 0.702. The van der Waals surface area contributed by atoms with Gasteiger partial charge in [0, 0.05) is 0 Å². The zero-order valence-corrected chi connectivity index (χ0v) is 9.52. The van der Waals surface area contributed by atoms with Crippen LogP contribution in [0.15, 0.2) is 18.2 Å². The molecule has 0 saturated heterocycles. The van der Waals surface area contributed by atoms with E-state index in [4.69, 9.17) is 10.8 Å². The lowest BCUT2D eigenvalue weighted by molar-refractivity contribution is -0.140. The standard InChI is InChI=1S/C11H10F2N2O4/c12-5-2-1-3-6(13)9(5)10(17)15-7(11(18)19)4-8(14)16/h1-3,7H,4H2,(H2,14,16)(H,15,17)(H,18,19). The van der Waals surface area contributed by atoms with Gasteiger partial charge in [-0.25, -0.2) is 13.6 Å². The van der Waals surface area contributed by atoms with E-state index in [9.17, 15) is 23.2 Å². The molecule has 0 fully saturated rings. The maximum absolute atomic E-state index is 13.3. The largest absolute Gasteiger partial charge is 0.480 e. The third-order valence-corrected chi connectivity index (χ3v) is 2.20. The van der Waals surface area contributed by atoms with Crippen LogP contribution in [0.2, 0.25) is 0 Å². The number of carboxylic acids is 1. The molecule has 8 heteroatoms. The lowest BCUT2D eigenvalue weighted by Crippen LogP contribution is -2.43. The van der Waals surface area contributed by atoms with Crippen LogP contribution in [0, 0.1) is 11.6 Å². The van der Waals surface area contributed by atoms with Gasteiger partial charge in [0.15, 0.2) is 0 Å². The second-order valence-electron chi connectivity index (χ2n) is 3.63. The average Bonchev–Trinajstić information content (AvgIpc) is 2.27. The fourth-order valence-electron chi connectivity index (χ4n) is 1.35. The number of halogens is 2. The Hall–Kier alpha value is -2.51. The van der Waals surface area contributed by atoms with E-state index in [-0.39, 0.29) is 0 Å². The van der Waals surface area contributed by atoms with Gasteiger partial charge in [-0.3, -0.25) is 9.59 Å². The number of carbonyl (C=O) groups excluding carboxylic acids is 2. The van der Waals surface area contributed by atoms with Crippen molar-refractivity contribution in [3.05, 3.63) is 35.4 Å². The average molecular weight is 272 g/mol. The molecular formula is C11H10F2N2O4. The van der Waals surface area contributed by atoms with Crippen molar-refractivity contribution < 1.29 is 28.3 Å². The summed E-state index contributed by atoms with van der Waals surface area (Å²) in [4.78, 5) is 33.0. The first-order chi connectivity index (χ1) is 8.82. The fourth-order valence-corrected chi connectivity index (χ4v) is 1.35. The Kier molecular flexibility index (Phi) is 4.51. The van der Waals surface area contributed by atoms with E-state index in [0.717, 1.165) is 18.2 Å². The zero-order chi connectivity index (χ0) is 14.6. The van der Waals surface area contributed by atoms with Crippen molar-refractivity contribution in [1.82, 2.24) is 5.32 Å². The Labute approximate surface area is 106 Å². The predicted octanol–water partition coefficient (Wildman–Crippen LogP) is 0.0232. The Morgan fingerprint density at radius 1 is 1.26 bits per heavy atom. The molecule has 19 heavy (non-hydrogen) atoms. The summed E-state index contributed by atoms with van der Waals surface area (Å²) in [6.07, 6.45) is -0.683. The van der Waals surface area contributed by atoms with Crippen LogP contribution in [-0.4, -0.2) is 28.9 Å². The minimum absolute atomic E-state index is 0.683. The van der Waals surface area contributed by atoms with Gasteiger partial charge in [-0.1, -0.05) is 6.07 Å². The lowest BCUT2D eigenvalue weighted by Gasteiger charge is -2.13. The van der Waals surface area contributed by atoms with Crippen LogP contribution in [0.3, 0.4) is 0 Å². The van der Waals surface area contributed by atoms with Crippen molar-refractivity contribution in [2.24, 2.45) is 5.73 Å². The van der Waals surface area contributed by atoms with Crippen LogP contribution in [0.25, 0.3) is 0 Å². The highest BCUT2D eigenvalue weighted by atomic mass is 19.1. The molecule has 0 aliphatic carbocycles. The summed E-state index contributed by atoms with van der Waals surface area (Å²) in [5.41, 5.74) is 3.89. The highest BCUT2D eigenvalue weighted by molar-refractivity contribution is 5.98. The number of rotatable bonds is 5. The molecule has 0 aliphatic heterocycles. The van der Waals surface area contributed by atoms with Gasteiger partial charge in [-0.2, -0.15) is 0 Å². The van der Waals surface area contributed by atoms with Crippen LogP contribution in [0.4, 0.5) is 8.78 Å². The first kappa shape index (κ1) is 14.6. The molecule has 1 rings (SSSR count). The molecule has 0 aliphatic rings. The monoisotopic (exact) mass is 272 g/mol. The second-order valence-corrected chi connectivity index (χ2v) is 3.63. The smallest absolute Gasteiger partial charge is 0.326 e. The summed E-state index contributed by atoms with van der Waals surface area (Å²) in [6, 6.07) is 1.10. The summed E-state index contributed by atoms with van der Waals surface area (Å²) in [7, 11) is 0. The summed E-state index contributed by atoms with van der Waals surface area (Å²) >= 11 is 0. The minimum atomic E-state index is -1.65. The van der Waals surface area contributed by atoms with E-state index in [2.05, 4.69) is 0 Å². The third kappa shape index (κ3) is 3.73. The SMILES string of the molecule is NC(=O)CC(NC(=O)c1c(F)cccc1F)C(=O)O. The van der Waals surface area contributed by atoms with Gasteiger partial charge in [-0.15, -0.1) is 0 Å². The van der Waals surface area contributed by atoms with E-state index in [1.54, 1.807) is 0 Å². The van der Waals surface area contributed by atoms with Gasteiger partial charge in [0.25, 0.3) is 5.91 Å². The Balaban J connectivity index is 2.94. The molecule has 0 saturated carbocycles. The molecule has 6 nitrogen and oxygen atoms in total. The number of hydrogen-bond acceptors (Lipinski definition) is 3. The van der Waals surface area contributed by atoms with Crippen molar-refractivity contribution in [2.75, 3.05) is 0 Å². The molecule has 1 atom stereocenters. The van der Waals surface area contributed by atoms with E-state index >= 15 is 0 Å². The second kappa shape index (κ2) is 5.89. The number of aliphatic carboxylic acids is 1. The number of nitrogens with one attached hydrogen (secondary N) is 1. The summed E-state index contributed by atoms with van der Waals surface area (Å²) < 4.78 is 26.6. The minimum Gasteiger partial charge on any atom is -0.480 e. The van der Waals surface area contributed by atoms with Crippen LogP contribution in [0.5, 0.6) is 0 Å². The topological polar surface area (TPSA) is 109 Å². The molecule has 2 amide bonds.